The SMILES string of the molecule is Cc1ccc([C@@H](O)C2=CCCC2=O)cc1. The molecule has 0 aromatic heterocycles. The maximum Gasteiger partial charge on any atom is 0.161 e. The minimum absolute atomic E-state index is 0.0723. The predicted molar refractivity (Wildman–Crippen MR) is 58.5 cm³/mol. The summed E-state index contributed by atoms with van der Waals surface area (Å²) in [7, 11) is 0. The highest BCUT2D eigenvalue weighted by Crippen LogP contribution is 2.28. The van der Waals surface area contributed by atoms with Crippen molar-refractivity contribution >= 4 is 5.78 Å². The lowest BCUT2D eigenvalue weighted by Gasteiger charge is -2.11. The van der Waals surface area contributed by atoms with Crippen LogP contribution in [0.3, 0.4) is 0 Å². The van der Waals surface area contributed by atoms with Gasteiger partial charge in [-0.25, -0.2) is 0 Å². The van der Waals surface area contributed by atoms with Crippen LogP contribution in [0.25, 0.3) is 0 Å². The quantitative estimate of drug-likeness (QED) is 0.799. The molecule has 78 valence electrons. The number of Topliss-reactive ketones (excluding diaryl/α,β-unsaturated/α-hetero) is 1. The molecule has 0 spiro atoms. The zero-order chi connectivity index (χ0) is 10.8. The number of hydrogen-bond donors (Lipinski definition) is 1. The number of benzene rings is 1. The fourth-order valence-electron chi connectivity index (χ4n) is 1.81. The van der Waals surface area contributed by atoms with E-state index in [1.807, 2.05) is 37.3 Å². The van der Waals surface area contributed by atoms with Gasteiger partial charge in [0.25, 0.3) is 0 Å². The summed E-state index contributed by atoms with van der Waals surface area (Å²) >= 11 is 0. The lowest BCUT2D eigenvalue weighted by Crippen LogP contribution is -2.07. The van der Waals surface area contributed by atoms with Crippen molar-refractivity contribution in [3.63, 3.8) is 0 Å². The molecule has 15 heavy (non-hydrogen) atoms. The molecule has 0 saturated carbocycles. The number of carbonyl (C=O) groups excluding carboxylic acids is 1. The Morgan fingerprint density at radius 1 is 1.27 bits per heavy atom. The van der Waals surface area contributed by atoms with E-state index in [9.17, 15) is 9.90 Å². The maximum atomic E-state index is 11.4. The van der Waals surface area contributed by atoms with Crippen molar-refractivity contribution in [2.24, 2.45) is 0 Å². The molecule has 1 atom stereocenters. The third-order valence-electron chi connectivity index (χ3n) is 2.75. The molecule has 0 aliphatic heterocycles. The monoisotopic (exact) mass is 202 g/mol. The summed E-state index contributed by atoms with van der Waals surface area (Å²) in [5, 5.41) is 9.99. The molecule has 0 bridgehead atoms. The van der Waals surface area contributed by atoms with Crippen molar-refractivity contribution in [2.45, 2.75) is 25.9 Å². The summed E-state index contributed by atoms with van der Waals surface area (Å²) in [5.74, 6) is 0.0723. The van der Waals surface area contributed by atoms with Gasteiger partial charge in [-0.05, 0) is 18.9 Å². The fourth-order valence-corrected chi connectivity index (χ4v) is 1.81. The smallest absolute Gasteiger partial charge is 0.161 e. The van der Waals surface area contributed by atoms with Gasteiger partial charge in [0.2, 0.25) is 0 Å². The van der Waals surface area contributed by atoms with Gasteiger partial charge in [0.05, 0.1) is 0 Å². The Labute approximate surface area is 89.2 Å². The fraction of sp³-hybridized carbons (Fsp3) is 0.308. The Bertz CT molecular complexity index is 401. The van der Waals surface area contributed by atoms with Gasteiger partial charge in [-0.1, -0.05) is 35.9 Å². The Kier molecular flexibility index (Phi) is 2.69. The summed E-state index contributed by atoms with van der Waals surface area (Å²) < 4.78 is 0. The zero-order valence-corrected chi connectivity index (χ0v) is 8.73. The highest BCUT2D eigenvalue weighted by atomic mass is 16.3. The summed E-state index contributed by atoms with van der Waals surface area (Å²) in [5.41, 5.74) is 2.50. The van der Waals surface area contributed by atoms with Crippen LogP contribution in [0.1, 0.15) is 30.1 Å². The van der Waals surface area contributed by atoms with Crippen molar-refractivity contribution in [1.82, 2.24) is 0 Å². The van der Waals surface area contributed by atoms with E-state index < -0.39 is 6.10 Å². The Morgan fingerprint density at radius 2 is 1.93 bits per heavy atom. The van der Waals surface area contributed by atoms with E-state index in [-0.39, 0.29) is 5.78 Å². The molecule has 0 fully saturated rings. The molecule has 1 aliphatic rings. The van der Waals surface area contributed by atoms with Crippen LogP contribution in [-0.2, 0) is 4.79 Å². The molecule has 1 aromatic rings. The number of aliphatic hydroxyl groups excluding tert-OH is 1. The molecule has 2 nitrogen and oxygen atoms in total. The van der Waals surface area contributed by atoms with E-state index in [4.69, 9.17) is 0 Å². The molecular formula is C13H14O2. The van der Waals surface area contributed by atoms with Gasteiger partial charge < -0.3 is 5.11 Å². The first-order valence-electron chi connectivity index (χ1n) is 5.16. The van der Waals surface area contributed by atoms with E-state index in [1.165, 1.54) is 0 Å². The number of hydrogen-bond acceptors (Lipinski definition) is 2. The molecular weight excluding hydrogens is 188 g/mol. The Balaban J connectivity index is 2.24. The molecule has 0 heterocycles. The molecule has 0 amide bonds. The van der Waals surface area contributed by atoms with Crippen LogP contribution in [0, 0.1) is 6.92 Å². The van der Waals surface area contributed by atoms with Crippen LogP contribution in [0.4, 0.5) is 0 Å². The van der Waals surface area contributed by atoms with E-state index in [1.54, 1.807) is 0 Å². The van der Waals surface area contributed by atoms with E-state index in [2.05, 4.69) is 0 Å². The van der Waals surface area contributed by atoms with Crippen molar-refractivity contribution in [3.05, 3.63) is 47.0 Å². The first kappa shape index (κ1) is 10.1. The molecule has 0 unspecified atom stereocenters. The lowest BCUT2D eigenvalue weighted by atomic mass is 9.99. The normalized spacial score (nSPS) is 17.7. The first-order chi connectivity index (χ1) is 7.18. The number of ketones is 1. The first-order valence-corrected chi connectivity index (χ1v) is 5.16. The summed E-state index contributed by atoms with van der Waals surface area (Å²) in [4.78, 5) is 11.4. The van der Waals surface area contributed by atoms with E-state index in [0.717, 1.165) is 17.5 Å². The number of carbonyl (C=O) groups is 1. The van der Waals surface area contributed by atoms with Crippen LogP contribution < -0.4 is 0 Å². The van der Waals surface area contributed by atoms with E-state index in [0.29, 0.717) is 12.0 Å². The van der Waals surface area contributed by atoms with Gasteiger partial charge in [-0.2, -0.15) is 0 Å². The van der Waals surface area contributed by atoms with Crippen molar-refractivity contribution in [2.75, 3.05) is 0 Å². The largest absolute Gasteiger partial charge is 0.384 e. The van der Waals surface area contributed by atoms with Gasteiger partial charge in [0.1, 0.15) is 6.10 Å². The minimum atomic E-state index is -0.749. The summed E-state index contributed by atoms with van der Waals surface area (Å²) in [6, 6.07) is 7.62. The third-order valence-corrected chi connectivity index (χ3v) is 2.75. The predicted octanol–water partition coefficient (Wildman–Crippen LogP) is 2.32. The Hall–Kier alpha value is -1.41. The van der Waals surface area contributed by atoms with Crippen molar-refractivity contribution in [3.8, 4) is 0 Å². The van der Waals surface area contributed by atoms with Gasteiger partial charge in [-0.15, -0.1) is 0 Å². The van der Waals surface area contributed by atoms with Crippen molar-refractivity contribution < 1.29 is 9.90 Å². The molecule has 1 aliphatic carbocycles. The van der Waals surface area contributed by atoms with Crippen LogP contribution in [0.15, 0.2) is 35.9 Å². The number of aryl methyl sites for hydroxylation is 1. The summed E-state index contributed by atoms with van der Waals surface area (Å²) in [6.45, 7) is 2.00. The second-order valence-corrected chi connectivity index (χ2v) is 3.93. The maximum absolute atomic E-state index is 11.4. The topological polar surface area (TPSA) is 37.3 Å². The van der Waals surface area contributed by atoms with Gasteiger partial charge >= 0.3 is 0 Å². The molecule has 1 N–H and O–H groups in total. The molecule has 1 aromatic carbocycles. The molecule has 2 rings (SSSR count). The average Bonchev–Trinajstić information content (AvgIpc) is 2.65. The lowest BCUT2D eigenvalue weighted by molar-refractivity contribution is -0.115. The van der Waals surface area contributed by atoms with Gasteiger partial charge in [-0.3, -0.25) is 4.79 Å². The van der Waals surface area contributed by atoms with Crippen LogP contribution in [0.5, 0.6) is 0 Å². The minimum Gasteiger partial charge on any atom is -0.384 e. The number of aliphatic hydroxyl groups is 1. The standard InChI is InChI=1S/C13H14O2/c1-9-5-7-10(8-6-9)13(15)11-3-2-4-12(11)14/h3,5-8,13,15H,2,4H2,1H3/t13-/m1/s1. The van der Waals surface area contributed by atoms with Gasteiger partial charge in [0.15, 0.2) is 5.78 Å². The van der Waals surface area contributed by atoms with Crippen molar-refractivity contribution in [1.29, 1.82) is 0 Å². The highest BCUT2D eigenvalue weighted by Gasteiger charge is 2.23. The van der Waals surface area contributed by atoms with Crippen LogP contribution >= 0.6 is 0 Å². The second kappa shape index (κ2) is 3.99. The zero-order valence-electron chi connectivity index (χ0n) is 8.73. The molecule has 0 radical (unpaired) electrons. The Morgan fingerprint density at radius 3 is 2.47 bits per heavy atom. The number of rotatable bonds is 2. The number of allylic oxidation sites excluding steroid dienone is 1. The second-order valence-electron chi connectivity index (χ2n) is 3.93. The third kappa shape index (κ3) is 2.00. The summed E-state index contributed by atoms with van der Waals surface area (Å²) in [6.07, 6.45) is 2.39. The highest BCUT2D eigenvalue weighted by molar-refractivity contribution is 5.98. The van der Waals surface area contributed by atoms with Crippen LogP contribution in [-0.4, -0.2) is 10.9 Å². The average molecular weight is 202 g/mol. The van der Waals surface area contributed by atoms with E-state index >= 15 is 0 Å². The van der Waals surface area contributed by atoms with Crippen LogP contribution in [0.2, 0.25) is 0 Å². The molecule has 2 heteroatoms. The van der Waals surface area contributed by atoms with Gasteiger partial charge in [0, 0.05) is 12.0 Å². The molecule has 0 saturated heterocycles.